The second-order valence-corrected chi connectivity index (χ2v) is 4.26. The number of primary amides is 1. The number of aliphatic hydroxyl groups excluding tert-OH is 1. The molecule has 0 aliphatic heterocycles. The first-order valence-electron chi connectivity index (χ1n) is 6.04. The van der Waals surface area contributed by atoms with Crippen LogP contribution in [0, 0.1) is 0 Å². The van der Waals surface area contributed by atoms with Crippen LogP contribution in [-0.2, 0) is 11.3 Å². The summed E-state index contributed by atoms with van der Waals surface area (Å²) >= 11 is 0. The van der Waals surface area contributed by atoms with E-state index in [1.165, 1.54) is 0 Å². The lowest BCUT2D eigenvalue weighted by atomic mass is 10.1. The fraction of sp³-hybridized carbons (Fsp3) is 0.462. The van der Waals surface area contributed by atoms with Gasteiger partial charge in [0, 0.05) is 13.1 Å². The number of carbonyl (C=O) groups excluding carboxylic acids is 1. The van der Waals surface area contributed by atoms with E-state index in [0.29, 0.717) is 19.6 Å². The Morgan fingerprint density at radius 3 is 2.44 bits per heavy atom. The number of carbonyl (C=O) groups is 1. The Hall–Kier alpha value is -1.43. The lowest BCUT2D eigenvalue weighted by Gasteiger charge is -2.22. The molecule has 1 aromatic carbocycles. The molecule has 1 amide bonds. The minimum absolute atomic E-state index is 0.161. The van der Waals surface area contributed by atoms with Crippen molar-refractivity contribution in [1.29, 1.82) is 0 Å². The van der Waals surface area contributed by atoms with Gasteiger partial charge in [-0.3, -0.25) is 9.69 Å². The Morgan fingerprint density at radius 2 is 2.00 bits per heavy atom. The van der Waals surface area contributed by atoms with Gasteiger partial charge in [-0.2, -0.15) is 0 Å². The molecule has 0 fully saturated rings. The van der Waals surface area contributed by atoms with Gasteiger partial charge in [0.1, 0.15) is 0 Å². The minimum Gasteiger partial charge on any atom is -0.387 e. The minimum atomic E-state index is -0.629. The molecule has 1 aromatic rings. The van der Waals surface area contributed by atoms with Crippen LogP contribution in [0.4, 0.5) is 0 Å². The highest BCUT2D eigenvalue weighted by Gasteiger charge is 2.13. The van der Waals surface area contributed by atoms with Crippen molar-refractivity contribution in [2.75, 3.05) is 19.6 Å². The smallest absolute Gasteiger partial charge is 0.231 e. The van der Waals surface area contributed by atoms with Crippen LogP contribution in [-0.4, -0.2) is 35.5 Å². The molecule has 0 spiro atoms. The molecule has 18 heavy (non-hydrogen) atoms. The maximum Gasteiger partial charge on any atom is 0.231 e. The second-order valence-electron chi connectivity index (χ2n) is 4.26. The Morgan fingerprint density at radius 1 is 1.39 bits per heavy atom. The molecule has 1 unspecified atom stereocenters. The van der Waals surface area contributed by atoms with Crippen LogP contribution in [0.5, 0.6) is 0 Å². The topological polar surface area (TPSA) is 92.6 Å². The van der Waals surface area contributed by atoms with Crippen LogP contribution in [0.1, 0.15) is 24.2 Å². The maximum absolute atomic E-state index is 10.9. The third kappa shape index (κ3) is 4.44. The number of hydrogen-bond acceptors (Lipinski definition) is 4. The van der Waals surface area contributed by atoms with Gasteiger partial charge in [-0.1, -0.05) is 31.2 Å². The fourth-order valence-corrected chi connectivity index (χ4v) is 1.75. The summed E-state index contributed by atoms with van der Waals surface area (Å²) in [5, 5.41) is 10.1. The van der Waals surface area contributed by atoms with Crippen molar-refractivity contribution in [1.82, 2.24) is 4.90 Å². The summed E-state index contributed by atoms with van der Waals surface area (Å²) in [6.45, 7) is 3.63. The van der Waals surface area contributed by atoms with Gasteiger partial charge in [0.15, 0.2) is 0 Å². The molecule has 0 aliphatic carbocycles. The lowest BCUT2D eigenvalue weighted by molar-refractivity contribution is -0.119. The normalized spacial score (nSPS) is 12.7. The highest BCUT2D eigenvalue weighted by molar-refractivity contribution is 5.75. The summed E-state index contributed by atoms with van der Waals surface area (Å²) in [6, 6.07) is 7.49. The highest BCUT2D eigenvalue weighted by Crippen LogP contribution is 2.15. The summed E-state index contributed by atoms with van der Waals surface area (Å²) in [6.07, 6.45) is -0.629. The number of nitrogens with zero attached hydrogens (tertiary/aromatic N) is 1. The molecule has 0 aliphatic rings. The zero-order valence-corrected chi connectivity index (χ0v) is 10.7. The summed E-state index contributed by atoms with van der Waals surface area (Å²) < 4.78 is 0. The largest absolute Gasteiger partial charge is 0.387 e. The summed E-state index contributed by atoms with van der Waals surface area (Å²) in [5.74, 6) is -0.387. The molecule has 5 heteroatoms. The van der Waals surface area contributed by atoms with Crippen molar-refractivity contribution in [3.8, 4) is 0 Å². The molecule has 0 heterocycles. The lowest BCUT2D eigenvalue weighted by Crippen LogP contribution is -2.36. The van der Waals surface area contributed by atoms with Gasteiger partial charge >= 0.3 is 0 Å². The summed E-state index contributed by atoms with van der Waals surface area (Å²) in [7, 11) is 0. The summed E-state index contributed by atoms with van der Waals surface area (Å²) in [5.41, 5.74) is 12.5. The van der Waals surface area contributed by atoms with E-state index in [1.54, 1.807) is 0 Å². The zero-order chi connectivity index (χ0) is 13.5. The molecule has 0 saturated heterocycles. The SMILES string of the molecule is CCN(CC(N)=O)CC(O)c1ccc(CN)cc1. The predicted molar refractivity (Wildman–Crippen MR) is 70.6 cm³/mol. The molecule has 5 nitrogen and oxygen atoms in total. The third-order valence-electron chi connectivity index (χ3n) is 2.86. The summed E-state index contributed by atoms with van der Waals surface area (Å²) in [4.78, 5) is 12.7. The third-order valence-corrected chi connectivity index (χ3v) is 2.86. The van der Waals surface area contributed by atoms with Gasteiger partial charge < -0.3 is 16.6 Å². The Kier molecular flexibility index (Phi) is 5.77. The van der Waals surface area contributed by atoms with Gasteiger partial charge in [0.25, 0.3) is 0 Å². The average Bonchev–Trinajstić information content (AvgIpc) is 2.37. The number of benzene rings is 1. The van der Waals surface area contributed by atoms with Crippen molar-refractivity contribution < 1.29 is 9.90 Å². The molecule has 0 saturated carbocycles. The van der Waals surface area contributed by atoms with E-state index in [2.05, 4.69) is 0 Å². The van der Waals surface area contributed by atoms with E-state index in [4.69, 9.17) is 11.5 Å². The zero-order valence-electron chi connectivity index (χ0n) is 10.7. The van der Waals surface area contributed by atoms with E-state index < -0.39 is 6.10 Å². The number of rotatable bonds is 7. The Balaban J connectivity index is 2.61. The first kappa shape index (κ1) is 14.6. The molecule has 1 atom stereocenters. The Bertz CT molecular complexity index is 378. The van der Waals surface area contributed by atoms with Crippen LogP contribution in [0.3, 0.4) is 0 Å². The van der Waals surface area contributed by atoms with E-state index in [9.17, 15) is 9.90 Å². The van der Waals surface area contributed by atoms with Gasteiger partial charge in [-0.15, -0.1) is 0 Å². The Labute approximate surface area is 107 Å². The first-order chi connectivity index (χ1) is 8.56. The number of aliphatic hydroxyl groups is 1. The van der Waals surface area contributed by atoms with E-state index in [0.717, 1.165) is 11.1 Å². The van der Waals surface area contributed by atoms with Gasteiger partial charge in [-0.25, -0.2) is 0 Å². The molecule has 0 aromatic heterocycles. The van der Waals surface area contributed by atoms with E-state index in [-0.39, 0.29) is 12.5 Å². The number of likely N-dealkylation sites (N-methyl/N-ethyl adjacent to an activating group) is 1. The van der Waals surface area contributed by atoms with Crippen LogP contribution >= 0.6 is 0 Å². The molecule has 5 N–H and O–H groups in total. The van der Waals surface area contributed by atoms with Gasteiger partial charge in [0.05, 0.1) is 12.6 Å². The molecular weight excluding hydrogens is 230 g/mol. The standard InChI is InChI=1S/C13H21N3O2/c1-2-16(9-13(15)18)8-12(17)11-5-3-10(7-14)4-6-11/h3-6,12,17H,2,7-9,14H2,1H3,(H2,15,18). The molecule has 0 bridgehead atoms. The van der Waals surface area contributed by atoms with E-state index >= 15 is 0 Å². The van der Waals surface area contributed by atoms with Crippen LogP contribution in [0.15, 0.2) is 24.3 Å². The van der Waals surface area contributed by atoms with Crippen molar-refractivity contribution in [3.05, 3.63) is 35.4 Å². The maximum atomic E-state index is 10.9. The number of nitrogens with two attached hydrogens (primary N) is 2. The molecular formula is C13H21N3O2. The van der Waals surface area contributed by atoms with Crippen LogP contribution in [0.2, 0.25) is 0 Å². The molecule has 1 rings (SSSR count). The van der Waals surface area contributed by atoms with E-state index in [1.807, 2.05) is 36.1 Å². The number of hydrogen-bond donors (Lipinski definition) is 3. The molecule has 0 radical (unpaired) electrons. The monoisotopic (exact) mass is 251 g/mol. The van der Waals surface area contributed by atoms with Crippen molar-refractivity contribution in [2.45, 2.75) is 19.6 Å². The second kappa shape index (κ2) is 7.10. The average molecular weight is 251 g/mol. The highest BCUT2D eigenvalue weighted by atomic mass is 16.3. The van der Waals surface area contributed by atoms with Crippen molar-refractivity contribution in [3.63, 3.8) is 0 Å². The first-order valence-corrected chi connectivity index (χ1v) is 6.04. The molecule has 100 valence electrons. The van der Waals surface area contributed by atoms with Gasteiger partial charge in [-0.05, 0) is 17.7 Å². The van der Waals surface area contributed by atoms with Crippen LogP contribution in [0.25, 0.3) is 0 Å². The van der Waals surface area contributed by atoms with Crippen molar-refractivity contribution >= 4 is 5.91 Å². The van der Waals surface area contributed by atoms with Gasteiger partial charge in [0.2, 0.25) is 5.91 Å². The van der Waals surface area contributed by atoms with Crippen molar-refractivity contribution in [2.24, 2.45) is 11.5 Å². The quantitative estimate of drug-likeness (QED) is 0.635. The fourth-order valence-electron chi connectivity index (χ4n) is 1.75. The predicted octanol–water partition coefficient (Wildman–Crippen LogP) is -0.0141. The number of amides is 1. The van der Waals surface area contributed by atoms with Crippen LogP contribution < -0.4 is 11.5 Å².